The topological polar surface area (TPSA) is 39.7 Å². The molecule has 0 amide bonds. The van der Waals surface area contributed by atoms with Crippen LogP contribution in [0, 0.1) is 5.21 Å². The minimum Gasteiger partial charge on any atom is -0.636 e. The molecule has 0 aliphatic carbocycles. The van der Waals surface area contributed by atoms with Crippen molar-refractivity contribution in [1.82, 2.24) is 0 Å². The quantitative estimate of drug-likeness (QED) is 0.774. The fourth-order valence-electron chi connectivity index (χ4n) is 1.93. The molecule has 0 atom stereocenters. The highest BCUT2D eigenvalue weighted by atomic mass is 16.5. The van der Waals surface area contributed by atoms with Gasteiger partial charge in [0.15, 0.2) is 0 Å². The molecular formula is C14H15NO. The predicted octanol–water partition coefficient (Wildman–Crippen LogP) is 1.88. The van der Waals surface area contributed by atoms with Gasteiger partial charge in [0, 0.05) is 0 Å². The minimum atomic E-state index is 0.180. The van der Waals surface area contributed by atoms with Crippen molar-refractivity contribution in [2.24, 2.45) is 0 Å². The zero-order valence-corrected chi connectivity index (χ0v) is 9.04. The molecule has 0 aliphatic heterocycles. The second-order valence-electron chi connectivity index (χ2n) is 3.78. The first-order chi connectivity index (χ1) is 7.92. The first kappa shape index (κ1) is 10.9. The first-order valence-electron chi connectivity index (χ1n) is 5.45. The average Bonchev–Trinajstić information content (AvgIpc) is 2.38. The van der Waals surface area contributed by atoms with Crippen LogP contribution in [0.4, 0.5) is 0 Å². The van der Waals surface area contributed by atoms with Gasteiger partial charge in [0.2, 0.25) is 0 Å². The van der Waals surface area contributed by atoms with Crippen LogP contribution in [0.1, 0.15) is 17.0 Å². The van der Waals surface area contributed by atoms with Crippen LogP contribution in [0.5, 0.6) is 0 Å². The van der Waals surface area contributed by atoms with Crippen LogP contribution in [-0.2, 0) is 0 Å². The molecule has 0 saturated heterocycles. The summed E-state index contributed by atoms with van der Waals surface area (Å²) >= 11 is 0. The molecule has 2 nitrogen and oxygen atoms in total. The van der Waals surface area contributed by atoms with Crippen LogP contribution in [0.25, 0.3) is 0 Å². The van der Waals surface area contributed by atoms with Gasteiger partial charge in [0.05, 0.1) is 12.5 Å². The Labute approximate surface area is 95.5 Å². The highest BCUT2D eigenvalue weighted by Gasteiger charge is 2.13. The van der Waals surface area contributed by atoms with Crippen molar-refractivity contribution in [2.75, 3.05) is 6.54 Å². The van der Waals surface area contributed by atoms with E-state index in [0.29, 0.717) is 6.54 Å². The van der Waals surface area contributed by atoms with E-state index >= 15 is 0 Å². The summed E-state index contributed by atoms with van der Waals surface area (Å²) in [6.45, 7) is 0.536. The van der Waals surface area contributed by atoms with Crippen LogP contribution in [-0.4, -0.2) is 6.54 Å². The van der Waals surface area contributed by atoms with Crippen LogP contribution in [0.2, 0.25) is 0 Å². The Morgan fingerprint density at radius 3 is 1.62 bits per heavy atom. The average molecular weight is 213 g/mol. The van der Waals surface area contributed by atoms with Gasteiger partial charge in [0.1, 0.15) is 0 Å². The molecule has 82 valence electrons. The van der Waals surface area contributed by atoms with Crippen molar-refractivity contribution in [3.63, 3.8) is 0 Å². The fraction of sp³-hybridized carbons (Fsp3) is 0.143. The van der Waals surface area contributed by atoms with Crippen LogP contribution in [0.3, 0.4) is 0 Å². The Hall–Kier alpha value is -1.64. The Morgan fingerprint density at radius 2 is 1.25 bits per heavy atom. The maximum atomic E-state index is 10.8. The molecule has 0 bridgehead atoms. The van der Waals surface area contributed by atoms with Crippen molar-refractivity contribution in [2.45, 2.75) is 5.92 Å². The molecule has 0 unspecified atom stereocenters. The molecule has 2 rings (SSSR count). The number of hydrogen-bond acceptors (Lipinski definition) is 1. The van der Waals surface area contributed by atoms with Gasteiger partial charge in [0.25, 0.3) is 0 Å². The maximum Gasteiger partial charge on any atom is 0.0863 e. The van der Waals surface area contributed by atoms with Gasteiger partial charge in [-0.25, -0.2) is 0 Å². The molecule has 2 N–H and O–H groups in total. The van der Waals surface area contributed by atoms with Gasteiger partial charge in [-0.1, -0.05) is 60.7 Å². The van der Waals surface area contributed by atoms with Gasteiger partial charge < -0.3 is 10.7 Å². The number of nitrogens with two attached hydrogens (primary N) is 1. The van der Waals surface area contributed by atoms with Crippen molar-refractivity contribution in [3.8, 4) is 0 Å². The SMILES string of the molecule is [O-][NH2+]CC(c1ccccc1)c1ccccc1. The monoisotopic (exact) mass is 213 g/mol. The van der Waals surface area contributed by atoms with E-state index in [4.69, 9.17) is 0 Å². The second kappa shape index (κ2) is 5.45. The summed E-state index contributed by atoms with van der Waals surface area (Å²) in [5, 5.41) is 10.8. The Morgan fingerprint density at radius 1 is 0.812 bits per heavy atom. The molecule has 0 saturated carbocycles. The lowest BCUT2D eigenvalue weighted by Gasteiger charge is -2.17. The molecule has 0 radical (unpaired) electrons. The standard InChI is InChI=1S/C14H15NO/c16-15-11-14(12-7-3-1-4-8-12)13-9-5-2-6-10-13/h1-10,14H,11,15H2. The molecular weight excluding hydrogens is 198 g/mol. The van der Waals surface area contributed by atoms with Crippen molar-refractivity contribution in [3.05, 3.63) is 77.0 Å². The zero-order valence-electron chi connectivity index (χ0n) is 9.04. The first-order valence-corrected chi connectivity index (χ1v) is 5.45. The van der Waals surface area contributed by atoms with E-state index in [9.17, 15) is 5.21 Å². The third-order valence-electron chi connectivity index (χ3n) is 2.74. The van der Waals surface area contributed by atoms with E-state index in [2.05, 4.69) is 24.3 Å². The van der Waals surface area contributed by atoms with Gasteiger partial charge in [-0.3, -0.25) is 0 Å². The zero-order chi connectivity index (χ0) is 11.2. The van der Waals surface area contributed by atoms with Crippen molar-refractivity contribution < 1.29 is 5.48 Å². The Kier molecular flexibility index (Phi) is 3.70. The third-order valence-corrected chi connectivity index (χ3v) is 2.74. The maximum absolute atomic E-state index is 10.8. The third kappa shape index (κ3) is 2.48. The fourth-order valence-corrected chi connectivity index (χ4v) is 1.93. The summed E-state index contributed by atoms with van der Waals surface area (Å²) in [5.41, 5.74) is 3.38. The van der Waals surface area contributed by atoms with Gasteiger partial charge in [-0.05, 0) is 11.1 Å². The summed E-state index contributed by atoms with van der Waals surface area (Å²) in [4.78, 5) is 0. The molecule has 16 heavy (non-hydrogen) atoms. The van der Waals surface area contributed by atoms with E-state index < -0.39 is 0 Å². The van der Waals surface area contributed by atoms with E-state index in [0.717, 1.165) is 5.48 Å². The predicted molar refractivity (Wildman–Crippen MR) is 64.9 cm³/mol. The number of benzene rings is 2. The lowest BCUT2D eigenvalue weighted by molar-refractivity contribution is -0.590. The lowest BCUT2D eigenvalue weighted by Crippen LogP contribution is -2.78. The van der Waals surface area contributed by atoms with Gasteiger partial charge >= 0.3 is 0 Å². The highest BCUT2D eigenvalue weighted by Crippen LogP contribution is 2.22. The number of quaternary nitrogens is 1. The number of rotatable bonds is 4. The van der Waals surface area contributed by atoms with E-state index in [1.54, 1.807) is 0 Å². The van der Waals surface area contributed by atoms with Crippen molar-refractivity contribution in [1.29, 1.82) is 0 Å². The molecule has 2 aromatic carbocycles. The second-order valence-corrected chi connectivity index (χ2v) is 3.78. The molecule has 0 aromatic heterocycles. The van der Waals surface area contributed by atoms with Crippen LogP contribution >= 0.6 is 0 Å². The number of hydrogen-bond donors (Lipinski definition) is 1. The highest BCUT2D eigenvalue weighted by molar-refractivity contribution is 5.32. The van der Waals surface area contributed by atoms with Crippen molar-refractivity contribution >= 4 is 0 Å². The van der Waals surface area contributed by atoms with Crippen LogP contribution in [0.15, 0.2) is 60.7 Å². The molecule has 0 fully saturated rings. The normalized spacial score (nSPS) is 10.6. The van der Waals surface area contributed by atoms with Crippen LogP contribution < -0.4 is 5.48 Å². The van der Waals surface area contributed by atoms with E-state index in [-0.39, 0.29) is 5.92 Å². The molecule has 2 aromatic rings. The summed E-state index contributed by atoms with van der Waals surface area (Å²) in [6.07, 6.45) is 0. The van der Waals surface area contributed by atoms with Gasteiger partial charge in [-0.2, -0.15) is 0 Å². The molecule has 0 aliphatic rings. The molecule has 0 spiro atoms. The lowest BCUT2D eigenvalue weighted by atomic mass is 9.91. The Balaban J connectivity index is 2.31. The summed E-state index contributed by atoms with van der Waals surface area (Å²) < 4.78 is 0. The smallest absolute Gasteiger partial charge is 0.0863 e. The number of hydroxylamine groups is 1. The minimum absolute atomic E-state index is 0.180. The van der Waals surface area contributed by atoms with Gasteiger partial charge in [-0.15, -0.1) is 0 Å². The largest absolute Gasteiger partial charge is 0.636 e. The summed E-state index contributed by atoms with van der Waals surface area (Å²) in [7, 11) is 0. The summed E-state index contributed by atoms with van der Waals surface area (Å²) in [5.74, 6) is 0.180. The summed E-state index contributed by atoms with van der Waals surface area (Å²) in [6, 6.07) is 20.3. The van der Waals surface area contributed by atoms with E-state index in [1.165, 1.54) is 11.1 Å². The molecule has 0 heterocycles. The molecule has 2 heteroatoms. The Bertz CT molecular complexity index is 374. The van der Waals surface area contributed by atoms with E-state index in [1.807, 2.05) is 36.4 Å².